The highest BCUT2D eigenvalue weighted by molar-refractivity contribution is 7.90. The number of ether oxygens (including phenoxy) is 1. The second-order valence-electron chi connectivity index (χ2n) is 8.42. The minimum Gasteiger partial charge on any atom is -0.493 e. The molecule has 1 fully saturated rings. The van der Waals surface area contributed by atoms with Crippen molar-refractivity contribution in [3.8, 4) is 17.0 Å². The fraction of sp³-hybridized carbons (Fsp3) is 0.391. The van der Waals surface area contributed by atoms with Gasteiger partial charge in [0, 0.05) is 36.3 Å². The van der Waals surface area contributed by atoms with Crippen LogP contribution >= 0.6 is 0 Å². The van der Waals surface area contributed by atoms with Gasteiger partial charge in [0.2, 0.25) is 0 Å². The van der Waals surface area contributed by atoms with E-state index in [2.05, 4.69) is 11.1 Å². The van der Waals surface area contributed by atoms with E-state index < -0.39 is 15.9 Å². The maximum atomic E-state index is 11.9. The first-order valence-corrected chi connectivity index (χ1v) is 13.0. The number of pyridine rings is 1. The lowest BCUT2D eigenvalue weighted by atomic mass is 10.0. The van der Waals surface area contributed by atoms with Crippen LogP contribution in [0.3, 0.4) is 0 Å². The molecule has 0 aliphatic heterocycles. The van der Waals surface area contributed by atoms with E-state index in [0.717, 1.165) is 65.1 Å². The number of aryl methyl sites for hydroxylation is 1. The van der Waals surface area contributed by atoms with Gasteiger partial charge in [0.05, 0.1) is 18.6 Å². The molecule has 0 unspecified atom stereocenters. The summed E-state index contributed by atoms with van der Waals surface area (Å²) in [6.45, 7) is -0.0475. The number of nitrogens with one attached hydrogen (secondary N) is 1. The molecule has 10 nitrogen and oxygen atoms in total. The van der Waals surface area contributed by atoms with Crippen LogP contribution in [0.4, 0.5) is 4.79 Å². The van der Waals surface area contributed by atoms with E-state index in [0.29, 0.717) is 12.3 Å². The predicted octanol–water partition coefficient (Wildman–Crippen LogP) is 2.71. The Labute approximate surface area is 196 Å². The number of aromatic nitrogens is 3. The predicted molar refractivity (Wildman–Crippen MR) is 125 cm³/mol. The number of rotatable bonds is 6. The molecule has 3 aromatic rings. The second-order valence-corrected chi connectivity index (χ2v) is 10.7. The van der Waals surface area contributed by atoms with Crippen LogP contribution < -0.4 is 10.1 Å². The summed E-state index contributed by atoms with van der Waals surface area (Å²) >= 11 is 0. The molecule has 0 atom stereocenters. The molecule has 1 amide bonds. The molecule has 0 radical (unpaired) electrons. The average Bonchev–Trinajstić information content (AvgIpc) is 3.43. The first kappa shape index (κ1) is 23.7. The van der Waals surface area contributed by atoms with Crippen LogP contribution in [-0.4, -0.2) is 65.7 Å². The van der Waals surface area contributed by atoms with Crippen molar-refractivity contribution in [3.63, 3.8) is 0 Å². The zero-order valence-corrected chi connectivity index (χ0v) is 19.8. The highest BCUT2D eigenvalue weighted by Gasteiger charge is 2.29. The topological polar surface area (TPSA) is 140 Å². The van der Waals surface area contributed by atoms with Crippen LogP contribution in [0.5, 0.6) is 5.75 Å². The first-order valence-electron chi connectivity index (χ1n) is 10.9. The molecule has 0 bridgehead atoms. The van der Waals surface area contributed by atoms with E-state index in [1.54, 1.807) is 7.11 Å². The molecule has 2 aliphatic rings. The van der Waals surface area contributed by atoms with Crippen LogP contribution in [0, 0.1) is 0 Å². The molecule has 2 N–H and O–H groups in total. The number of methoxy groups -OCH3 is 1. The van der Waals surface area contributed by atoms with Crippen molar-refractivity contribution in [2.45, 2.75) is 31.6 Å². The van der Waals surface area contributed by atoms with Crippen molar-refractivity contribution >= 4 is 27.4 Å². The number of nitrogens with zero attached hydrogens (tertiary/aromatic N) is 3. The molecule has 1 saturated carbocycles. The molecular weight excluding hydrogens is 460 g/mol. The summed E-state index contributed by atoms with van der Waals surface area (Å²) in [6, 6.07) is 10.0. The molecular formula is C23H26N4O6S. The molecule has 34 heavy (non-hydrogen) atoms. The summed E-state index contributed by atoms with van der Waals surface area (Å²) in [5, 5.41) is 14.7. The van der Waals surface area contributed by atoms with Gasteiger partial charge in [0.1, 0.15) is 9.84 Å². The Bertz CT molecular complexity index is 1360. The van der Waals surface area contributed by atoms with Gasteiger partial charge in [-0.25, -0.2) is 22.7 Å². The van der Waals surface area contributed by atoms with Gasteiger partial charge >= 0.3 is 6.09 Å². The van der Waals surface area contributed by atoms with Crippen molar-refractivity contribution < 1.29 is 27.9 Å². The Morgan fingerprint density at radius 3 is 2.65 bits per heavy atom. The third-order valence-electron chi connectivity index (χ3n) is 5.70. The van der Waals surface area contributed by atoms with E-state index in [-0.39, 0.29) is 18.1 Å². The van der Waals surface area contributed by atoms with Gasteiger partial charge in [-0.3, -0.25) is 4.79 Å². The van der Waals surface area contributed by atoms with E-state index in [1.807, 2.05) is 34.1 Å². The van der Waals surface area contributed by atoms with Crippen LogP contribution in [0.1, 0.15) is 46.9 Å². The number of Topliss-reactive ketones (excluding diaryl/α,β-unsaturated/α-hetero) is 1. The van der Waals surface area contributed by atoms with Gasteiger partial charge in [0.15, 0.2) is 23.0 Å². The highest BCUT2D eigenvalue weighted by Crippen LogP contribution is 2.39. The summed E-state index contributed by atoms with van der Waals surface area (Å²) < 4.78 is 28.1. The Morgan fingerprint density at radius 2 is 2.00 bits per heavy atom. The van der Waals surface area contributed by atoms with Gasteiger partial charge < -0.3 is 15.2 Å². The molecule has 11 heteroatoms. The first-order chi connectivity index (χ1) is 16.2. The molecule has 5 rings (SSSR count). The number of benzene rings is 1. The summed E-state index contributed by atoms with van der Waals surface area (Å²) in [6.07, 6.45) is 3.61. The number of carbonyl (C=O) groups excluding carboxylic acids is 1. The van der Waals surface area contributed by atoms with E-state index in [1.165, 1.54) is 0 Å². The fourth-order valence-electron chi connectivity index (χ4n) is 3.81. The Hall–Kier alpha value is -3.47. The molecule has 2 heterocycles. The number of hydrogen-bond acceptors (Lipinski definition) is 7. The lowest BCUT2D eigenvalue weighted by molar-refractivity contribution is 0.0994. The minimum atomic E-state index is -3.05. The van der Waals surface area contributed by atoms with Crippen LogP contribution in [0.15, 0.2) is 30.3 Å². The second kappa shape index (κ2) is 9.41. The third kappa shape index (κ3) is 5.36. The summed E-state index contributed by atoms with van der Waals surface area (Å²) in [5.74, 6) is 2.21. The smallest absolute Gasteiger partial charge is 0.404 e. The monoisotopic (exact) mass is 486 g/mol. The summed E-state index contributed by atoms with van der Waals surface area (Å²) in [5.41, 5.74) is 4.79. The van der Waals surface area contributed by atoms with Crippen molar-refractivity contribution in [1.29, 1.82) is 0 Å². The van der Waals surface area contributed by atoms with Crippen molar-refractivity contribution in [3.05, 3.63) is 47.3 Å². The number of hydrogen-bond donors (Lipinski definition) is 2. The normalized spacial score (nSPS) is 14.9. The maximum absolute atomic E-state index is 11.9. The van der Waals surface area contributed by atoms with Gasteiger partial charge in [-0.1, -0.05) is 12.1 Å². The Kier molecular flexibility index (Phi) is 6.56. The third-order valence-corrected chi connectivity index (χ3v) is 6.64. The number of ketones is 1. The Balaban J connectivity index is 0.000000235. The van der Waals surface area contributed by atoms with Gasteiger partial charge in [0.25, 0.3) is 0 Å². The summed E-state index contributed by atoms with van der Waals surface area (Å²) in [7, 11) is -1.39. The molecule has 180 valence electrons. The summed E-state index contributed by atoms with van der Waals surface area (Å²) in [4.78, 5) is 26.3. The van der Waals surface area contributed by atoms with E-state index >= 15 is 0 Å². The van der Waals surface area contributed by atoms with Crippen LogP contribution in [0.25, 0.3) is 16.9 Å². The largest absolute Gasteiger partial charge is 0.493 e. The quantitative estimate of drug-likeness (QED) is 0.542. The zero-order chi connectivity index (χ0) is 24.5. The number of sulfone groups is 1. The van der Waals surface area contributed by atoms with Gasteiger partial charge in [-0.2, -0.15) is 5.10 Å². The number of carbonyl (C=O) groups is 2. The number of fused-ring (bicyclic) bond motifs is 2. The molecule has 2 aromatic heterocycles. The van der Waals surface area contributed by atoms with Crippen molar-refractivity contribution in [2.75, 3.05) is 25.7 Å². The van der Waals surface area contributed by atoms with Crippen molar-refractivity contribution in [1.82, 2.24) is 19.9 Å². The van der Waals surface area contributed by atoms with Gasteiger partial charge in [-0.05, 0) is 43.0 Å². The van der Waals surface area contributed by atoms with E-state index in [9.17, 15) is 18.0 Å². The lowest BCUT2D eigenvalue weighted by Gasteiger charge is -2.09. The average molecular weight is 487 g/mol. The van der Waals surface area contributed by atoms with Crippen molar-refractivity contribution in [2.24, 2.45) is 0 Å². The van der Waals surface area contributed by atoms with Gasteiger partial charge in [-0.15, -0.1) is 0 Å². The number of carboxylic acid groups (broad SMARTS) is 1. The molecule has 0 saturated heterocycles. The Morgan fingerprint density at radius 1 is 1.24 bits per heavy atom. The highest BCUT2D eigenvalue weighted by atomic mass is 32.2. The zero-order valence-electron chi connectivity index (χ0n) is 18.9. The standard InChI is InChI=1S/C19H17N3O2.C4H9NO4S/c1-24-17-9-7-15(22-19(17)20-18(21-22)11-2-3-11)13-4-6-14-12(10-13)5-8-16(14)23;1-10(8,9)3-2-5-4(6)7/h4,6-7,9-11H,2-3,5,8H2,1H3;5H,2-3H2,1H3,(H,6,7). The fourth-order valence-corrected chi connectivity index (χ4v) is 4.28. The molecule has 2 aliphatic carbocycles. The van der Waals surface area contributed by atoms with Crippen LogP contribution in [-0.2, 0) is 16.3 Å². The molecule has 1 aromatic carbocycles. The molecule has 0 spiro atoms. The van der Waals surface area contributed by atoms with Crippen LogP contribution in [0.2, 0.25) is 0 Å². The SMILES string of the molecule is COc1ccc(-c2ccc3c(c2)CCC3=O)n2nc(C3CC3)nc12.CS(=O)(=O)CCNC(=O)O. The van der Waals surface area contributed by atoms with E-state index in [4.69, 9.17) is 14.9 Å². The number of amides is 1. The maximum Gasteiger partial charge on any atom is 0.404 e. The lowest BCUT2D eigenvalue weighted by Crippen LogP contribution is -2.26. The minimum absolute atomic E-state index is 0.0475.